The monoisotopic (exact) mass is 340 g/mol. The van der Waals surface area contributed by atoms with Crippen LogP contribution in [0, 0.1) is 0 Å². The number of hydrogen-bond donors (Lipinski definition) is 2. The van der Waals surface area contributed by atoms with Crippen molar-refractivity contribution in [2.75, 3.05) is 26.2 Å². The van der Waals surface area contributed by atoms with Crippen molar-refractivity contribution in [2.24, 2.45) is 0 Å². The smallest absolute Gasteiger partial charge is 0.414 e. The summed E-state index contributed by atoms with van der Waals surface area (Å²) in [5.74, 6) is -3.65. The van der Waals surface area contributed by atoms with Crippen LogP contribution in [0.3, 0.4) is 0 Å². The molecule has 0 unspecified atom stereocenters. The van der Waals surface area contributed by atoms with E-state index in [1.165, 1.54) is 90.4 Å². The van der Waals surface area contributed by atoms with Crippen molar-refractivity contribution < 1.29 is 19.8 Å². The van der Waals surface area contributed by atoms with Gasteiger partial charge in [-0.25, -0.2) is 9.59 Å². The van der Waals surface area contributed by atoms with Crippen molar-refractivity contribution >= 4 is 11.9 Å². The summed E-state index contributed by atoms with van der Waals surface area (Å²) < 4.78 is 0. The Kier molecular flexibility index (Phi) is 7.99. The van der Waals surface area contributed by atoms with E-state index in [-0.39, 0.29) is 0 Å². The van der Waals surface area contributed by atoms with Crippen LogP contribution < -0.4 is 0 Å². The number of piperazine rings is 1. The highest BCUT2D eigenvalue weighted by Crippen LogP contribution is 2.26. The molecule has 6 nitrogen and oxygen atoms in total. The lowest BCUT2D eigenvalue weighted by Crippen LogP contribution is -2.53. The lowest BCUT2D eigenvalue weighted by molar-refractivity contribution is -0.159. The fourth-order valence-corrected chi connectivity index (χ4v) is 4.36. The predicted molar refractivity (Wildman–Crippen MR) is 92.2 cm³/mol. The molecule has 0 atom stereocenters. The third kappa shape index (κ3) is 6.06. The van der Waals surface area contributed by atoms with Crippen LogP contribution in [0.15, 0.2) is 0 Å². The molecule has 1 saturated heterocycles. The van der Waals surface area contributed by atoms with Gasteiger partial charge in [-0.2, -0.15) is 0 Å². The molecular weight excluding hydrogens is 308 g/mol. The molecule has 138 valence electrons. The average molecular weight is 340 g/mol. The minimum Gasteiger partial charge on any atom is -0.473 e. The summed E-state index contributed by atoms with van der Waals surface area (Å²) in [5.41, 5.74) is 0. The number of carboxylic acid groups (broad SMARTS) is 2. The zero-order valence-corrected chi connectivity index (χ0v) is 14.7. The molecule has 0 bridgehead atoms. The largest absolute Gasteiger partial charge is 0.473 e. The van der Waals surface area contributed by atoms with Crippen molar-refractivity contribution in [3.63, 3.8) is 0 Å². The molecule has 3 aliphatic rings. The van der Waals surface area contributed by atoms with Crippen molar-refractivity contribution in [3.8, 4) is 0 Å². The molecule has 0 aromatic rings. The zero-order chi connectivity index (χ0) is 17.4. The maximum Gasteiger partial charge on any atom is 0.414 e. The average Bonchev–Trinajstić information content (AvgIpc) is 2.64. The second-order valence-electron chi connectivity index (χ2n) is 7.27. The van der Waals surface area contributed by atoms with Gasteiger partial charge in [-0.1, -0.05) is 38.5 Å². The van der Waals surface area contributed by atoms with E-state index in [1.807, 2.05) is 0 Å². The Morgan fingerprint density at radius 3 is 1.12 bits per heavy atom. The van der Waals surface area contributed by atoms with E-state index in [2.05, 4.69) is 9.80 Å². The van der Waals surface area contributed by atoms with Gasteiger partial charge in [-0.3, -0.25) is 9.80 Å². The summed E-state index contributed by atoms with van der Waals surface area (Å²) in [6, 6.07) is 1.87. The van der Waals surface area contributed by atoms with E-state index >= 15 is 0 Å². The molecule has 0 aromatic carbocycles. The molecule has 0 amide bonds. The van der Waals surface area contributed by atoms with Gasteiger partial charge in [0, 0.05) is 38.3 Å². The van der Waals surface area contributed by atoms with E-state index < -0.39 is 11.9 Å². The van der Waals surface area contributed by atoms with Crippen LogP contribution in [0.4, 0.5) is 0 Å². The van der Waals surface area contributed by atoms with Gasteiger partial charge in [0.2, 0.25) is 0 Å². The van der Waals surface area contributed by atoms with E-state index in [1.54, 1.807) is 0 Å². The maximum atomic E-state index is 9.10. The lowest BCUT2D eigenvalue weighted by atomic mass is 9.92. The third-order valence-corrected chi connectivity index (χ3v) is 5.71. The molecule has 2 N–H and O–H groups in total. The van der Waals surface area contributed by atoms with E-state index in [9.17, 15) is 0 Å². The number of nitrogens with zero attached hydrogens (tertiary/aromatic N) is 2. The molecule has 0 radical (unpaired) electrons. The molecule has 0 aromatic heterocycles. The standard InChI is InChI=1S/C16H30N2.C2H2O4/c1-3-7-15(8-4-1)17-11-13-18(14-12-17)16-9-5-2-6-10-16;3-1(4)2(5)6/h15-16H,1-14H2;(H,3,4)(H,5,6). The van der Waals surface area contributed by atoms with Gasteiger partial charge >= 0.3 is 11.9 Å². The molecule has 3 fully saturated rings. The van der Waals surface area contributed by atoms with Crippen molar-refractivity contribution in [1.29, 1.82) is 0 Å². The van der Waals surface area contributed by atoms with Gasteiger partial charge in [0.25, 0.3) is 0 Å². The number of hydrogen-bond acceptors (Lipinski definition) is 4. The van der Waals surface area contributed by atoms with Gasteiger partial charge in [0.1, 0.15) is 0 Å². The molecule has 3 rings (SSSR count). The fourth-order valence-electron chi connectivity index (χ4n) is 4.36. The van der Waals surface area contributed by atoms with E-state index in [0.717, 1.165) is 12.1 Å². The predicted octanol–water partition coefficient (Wildman–Crippen LogP) is 2.42. The quantitative estimate of drug-likeness (QED) is 0.752. The first kappa shape index (κ1) is 19.2. The SMILES string of the molecule is C1CCC(N2CCN(C3CCCCC3)CC2)CC1.O=C(O)C(=O)O. The first-order chi connectivity index (χ1) is 11.6. The molecule has 2 saturated carbocycles. The summed E-state index contributed by atoms with van der Waals surface area (Å²) in [4.78, 5) is 23.8. The van der Waals surface area contributed by atoms with Gasteiger partial charge in [-0.05, 0) is 25.7 Å². The summed E-state index contributed by atoms with van der Waals surface area (Å²) in [6.07, 6.45) is 14.8. The molecular formula is C18H32N2O4. The summed E-state index contributed by atoms with van der Waals surface area (Å²) in [5, 5.41) is 14.8. The third-order valence-electron chi connectivity index (χ3n) is 5.71. The van der Waals surface area contributed by atoms with Crippen molar-refractivity contribution in [2.45, 2.75) is 76.3 Å². The van der Waals surface area contributed by atoms with Gasteiger partial charge < -0.3 is 10.2 Å². The minimum atomic E-state index is -1.82. The van der Waals surface area contributed by atoms with Gasteiger partial charge in [0.05, 0.1) is 0 Å². The Labute approximate surface area is 144 Å². The zero-order valence-electron chi connectivity index (χ0n) is 14.7. The second kappa shape index (κ2) is 9.99. The normalized spacial score (nSPS) is 24.8. The molecule has 6 heteroatoms. The lowest BCUT2D eigenvalue weighted by Gasteiger charge is -2.44. The molecule has 2 aliphatic carbocycles. The van der Waals surface area contributed by atoms with E-state index in [4.69, 9.17) is 19.8 Å². The first-order valence-electron chi connectivity index (χ1n) is 9.52. The van der Waals surface area contributed by atoms with Crippen molar-refractivity contribution in [3.05, 3.63) is 0 Å². The highest BCUT2D eigenvalue weighted by atomic mass is 16.4. The Balaban J connectivity index is 0.000000301. The summed E-state index contributed by atoms with van der Waals surface area (Å²) >= 11 is 0. The van der Waals surface area contributed by atoms with Gasteiger partial charge in [0.15, 0.2) is 0 Å². The topological polar surface area (TPSA) is 81.1 Å². The Hall–Kier alpha value is -1.14. The Morgan fingerprint density at radius 1 is 0.583 bits per heavy atom. The summed E-state index contributed by atoms with van der Waals surface area (Å²) in [7, 11) is 0. The number of carboxylic acids is 2. The fraction of sp³-hybridized carbons (Fsp3) is 0.889. The van der Waals surface area contributed by atoms with Crippen LogP contribution in [0.2, 0.25) is 0 Å². The van der Waals surface area contributed by atoms with E-state index in [0.29, 0.717) is 0 Å². The highest BCUT2D eigenvalue weighted by Gasteiger charge is 2.28. The van der Waals surface area contributed by atoms with Crippen LogP contribution in [-0.2, 0) is 9.59 Å². The minimum absolute atomic E-state index is 0.937. The molecule has 0 spiro atoms. The Bertz CT molecular complexity index is 358. The van der Waals surface area contributed by atoms with Crippen molar-refractivity contribution in [1.82, 2.24) is 9.80 Å². The van der Waals surface area contributed by atoms with Crippen LogP contribution in [0.5, 0.6) is 0 Å². The number of rotatable bonds is 2. The molecule has 1 heterocycles. The first-order valence-corrected chi connectivity index (χ1v) is 9.52. The maximum absolute atomic E-state index is 9.10. The van der Waals surface area contributed by atoms with Crippen LogP contribution in [0.25, 0.3) is 0 Å². The van der Waals surface area contributed by atoms with Crippen LogP contribution in [0.1, 0.15) is 64.2 Å². The highest BCUT2D eigenvalue weighted by molar-refractivity contribution is 6.27. The Morgan fingerprint density at radius 2 is 0.875 bits per heavy atom. The van der Waals surface area contributed by atoms with Gasteiger partial charge in [-0.15, -0.1) is 0 Å². The number of carbonyl (C=O) groups is 2. The molecule has 24 heavy (non-hydrogen) atoms. The van der Waals surface area contributed by atoms with Crippen LogP contribution in [-0.4, -0.2) is 70.2 Å². The molecule has 1 aliphatic heterocycles. The number of aliphatic carboxylic acids is 2. The second-order valence-corrected chi connectivity index (χ2v) is 7.27. The van der Waals surface area contributed by atoms with Crippen LogP contribution >= 0.6 is 0 Å². The summed E-state index contributed by atoms with van der Waals surface area (Å²) in [6.45, 7) is 5.39.